The molecule has 2 heterocycles. The summed E-state index contributed by atoms with van der Waals surface area (Å²) in [6.45, 7) is 2.89. The van der Waals surface area contributed by atoms with Crippen molar-refractivity contribution in [3.63, 3.8) is 0 Å². The Balaban J connectivity index is 1.33. The van der Waals surface area contributed by atoms with Crippen molar-refractivity contribution in [2.24, 2.45) is 0 Å². The number of aliphatic hydroxyl groups is 1. The van der Waals surface area contributed by atoms with Crippen molar-refractivity contribution in [1.82, 2.24) is 9.88 Å². The van der Waals surface area contributed by atoms with Gasteiger partial charge in [-0.25, -0.2) is 0 Å². The van der Waals surface area contributed by atoms with Gasteiger partial charge < -0.3 is 24.2 Å². The monoisotopic (exact) mass is 626 g/mol. The summed E-state index contributed by atoms with van der Waals surface area (Å²) < 4.78 is 17.7. The number of nitrogens with zero attached hydrogens (tertiary/aromatic N) is 2. The summed E-state index contributed by atoms with van der Waals surface area (Å²) in [4.78, 5) is 32.7. The lowest BCUT2D eigenvalue weighted by Gasteiger charge is -2.26. The molecule has 1 amide bonds. The third kappa shape index (κ3) is 6.87. The van der Waals surface area contributed by atoms with Crippen molar-refractivity contribution >= 4 is 17.4 Å². The van der Waals surface area contributed by atoms with Gasteiger partial charge >= 0.3 is 0 Å². The molecule has 47 heavy (non-hydrogen) atoms. The molecule has 0 saturated carbocycles. The van der Waals surface area contributed by atoms with Crippen LogP contribution in [0.15, 0.2) is 127 Å². The topological polar surface area (TPSA) is 98.2 Å². The number of aliphatic hydroxyl groups excluding tert-OH is 1. The van der Waals surface area contributed by atoms with Crippen LogP contribution in [0.3, 0.4) is 0 Å². The molecule has 1 fully saturated rings. The number of pyridine rings is 1. The molecule has 8 heteroatoms. The van der Waals surface area contributed by atoms with E-state index in [4.69, 9.17) is 14.2 Å². The number of Topliss-reactive ketones (excluding diaryl/α,β-unsaturated/α-hetero) is 1. The van der Waals surface area contributed by atoms with E-state index in [0.717, 1.165) is 22.3 Å². The number of ether oxygens (including phenoxy) is 3. The number of benzene rings is 4. The molecule has 1 atom stereocenters. The van der Waals surface area contributed by atoms with Crippen LogP contribution in [0.1, 0.15) is 39.4 Å². The first kappa shape index (κ1) is 31.1. The van der Waals surface area contributed by atoms with Crippen LogP contribution in [0.2, 0.25) is 0 Å². The highest BCUT2D eigenvalue weighted by atomic mass is 16.5. The summed E-state index contributed by atoms with van der Waals surface area (Å²) in [6, 6.07) is 32.5. The van der Waals surface area contributed by atoms with E-state index < -0.39 is 17.7 Å². The van der Waals surface area contributed by atoms with Crippen LogP contribution in [0.4, 0.5) is 0 Å². The average molecular weight is 627 g/mol. The van der Waals surface area contributed by atoms with E-state index in [0.29, 0.717) is 41.6 Å². The number of methoxy groups -OCH3 is 1. The Hall–Kier alpha value is -5.89. The predicted molar refractivity (Wildman–Crippen MR) is 178 cm³/mol. The second-order valence-corrected chi connectivity index (χ2v) is 11.2. The average Bonchev–Trinajstić information content (AvgIpc) is 3.36. The van der Waals surface area contributed by atoms with Gasteiger partial charge in [-0.1, -0.05) is 60.7 Å². The van der Waals surface area contributed by atoms with E-state index >= 15 is 0 Å². The molecular weight excluding hydrogens is 592 g/mol. The number of aromatic nitrogens is 1. The predicted octanol–water partition coefficient (Wildman–Crippen LogP) is 7.18. The zero-order valence-electron chi connectivity index (χ0n) is 26.1. The number of likely N-dealkylation sites (tertiary alicyclic amines) is 1. The van der Waals surface area contributed by atoms with E-state index in [2.05, 4.69) is 4.98 Å². The van der Waals surface area contributed by atoms with Gasteiger partial charge in [-0.2, -0.15) is 0 Å². The van der Waals surface area contributed by atoms with Crippen LogP contribution < -0.4 is 14.2 Å². The van der Waals surface area contributed by atoms with Gasteiger partial charge in [0.25, 0.3) is 11.7 Å². The van der Waals surface area contributed by atoms with Crippen LogP contribution in [0.5, 0.6) is 17.2 Å². The summed E-state index contributed by atoms with van der Waals surface area (Å²) in [5.74, 6) is -0.218. The molecule has 1 unspecified atom stereocenters. The first-order valence-corrected chi connectivity index (χ1v) is 15.2. The fraction of sp³-hybridized carbons (Fsp3) is 0.154. The number of amides is 1. The third-order valence-electron chi connectivity index (χ3n) is 8.17. The third-order valence-corrected chi connectivity index (χ3v) is 8.17. The molecule has 6 rings (SSSR count). The number of carbonyl (C=O) groups excluding carboxylic acids is 2. The number of carbonyl (C=O) groups is 2. The number of hydrogen-bond donors (Lipinski definition) is 1. The Morgan fingerprint density at radius 2 is 1.51 bits per heavy atom. The molecule has 1 aliphatic heterocycles. The van der Waals surface area contributed by atoms with Crippen molar-refractivity contribution in [2.45, 2.75) is 32.7 Å². The molecule has 8 nitrogen and oxygen atoms in total. The molecule has 1 N–H and O–H groups in total. The highest BCUT2D eigenvalue weighted by Gasteiger charge is 2.46. The zero-order chi connectivity index (χ0) is 32.8. The Morgan fingerprint density at radius 3 is 2.23 bits per heavy atom. The van der Waals surface area contributed by atoms with Gasteiger partial charge in [0.15, 0.2) is 11.5 Å². The van der Waals surface area contributed by atoms with Gasteiger partial charge in [0, 0.05) is 24.5 Å². The van der Waals surface area contributed by atoms with Crippen LogP contribution >= 0.6 is 0 Å². The summed E-state index contributed by atoms with van der Waals surface area (Å²) in [6.07, 6.45) is 3.26. The first-order valence-electron chi connectivity index (χ1n) is 15.2. The minimum absolute atomic E-state index is 0.0161. The summed E-state index contributed by atoms with van der Waals surface area (Å²) in [5, 5.41) is 11.6. The zero-order valence-corrected chi connectivity index (χ0v) is 26.1. The lowest BCUT2D eigenvalue weighted by atomic mass is 9.94. The minimum atomic E-state index is -0.891. The van der Waals surface area contributed by atoms with Crippen molar-refractivity contribution in [2.75, 3.05) is 7.11 Å². The van der Waals surface area contributed by atoms with Crippen LogP contribution in [0.25, 0.3) is 5.76 Å². The van der Waals surface area contributed by atoms with Crippen molar-refractivity contribution in [1.29, 1.82) is 0 Å². The van der Waals surface area contributed by atoms with E-state index in [1.54, 1.807) is 67.0 Å². The van der Waals surface area contributed by atoms with E-state index in [1.807, 2.05) is 61.5 Å². The van der Waals surface area contributed by atoms with Gasteiger partial charge in [-0.3, -0.25) is 14.6 Å². The molecule has 1 aromatic heterocycles. The maximum absolute atomic E-state index is 13.6. The molecule has 0 bridgehead atoms. The van der Waals surface area contributed by atoms with Crippen LogP contribution in [-0.2, 0) is 29.3 Å². The van der Waals surface area contributed by atoms with Gasteiger partial charge in [-0.05, 0) is 83.3 Å². The van der Waals surface area contributed by atoms with Crippen molar-refractivity contribution < 1.29 is 28.9 Å². The maximum atomic E-state index is 13.6. The molecule has 4 aromatic carbocycles. The minimum Gasteiger partial charge on any atom is -0.507 e. The second-order valence-electron chi connectivity index (χ2n) is 11.2. The second kappa shape index (κ2) is 14.0. The molecule has 236 valence electrons. The molecule has 5 aromatic rings. The Bertz CT molecular complexity index is 1910. The maximum Gasteiger partial charge on any atom is 0.295 e. The first-order chi connectivity index (χ1) is 22.9. The number of aryl methyl sites for hydroxylation is 1. The van der Waals surface area contributed by atoms with Gasteiger partial charge in [0.2, 0.25) is 0 Å². The number of hydrogen-bond acceptors (Lipinski definition) is 7. The summed E-state index contributed by atoms with van der Waals surface area (Å²) in [7, 11) is 1.53. The Morgan fingerprint density at radius 1 is 0.787 bits per heavy atom. The van der Waals surface area contributed by atoms with E-state index in [1.165, 1.54) is 12.0 Å². The Kier molecular flexibility index (Phi) is 9.29. The summed E-state index contributed by atoms with van der Waals surface area (Å²) in [5.41, 5.74) is 4.94. The molecule has 1 saturated heterocycles. The van der Waals surface area contributed by atoms with Crippen molar-refractivity contribution in [3.05, 3.63) is 161 Å². The molecule has 0 radical (unpaired) electrons. The standard InChI is InChI=1S/C39H34N2O6/c1-26-8-6-7-11-31(26)25-46-32-15-12-29(13-16-32)37(42)35-36(41(39(44)38(35)43)23-27-18-20-40-21-19-27)30-14-17-33(34(22-30)45-2)47-24-28-9-4-3-5-10-28/h3-22,36,42H,23-25H2,1-2H3/b37-35+. The highest BCUT2D eigenvalue weighted by Crippen LogP contribution is 2.43. The fourth-order valence-electron chi connectivity index (χ4n) is 5.58. The molecule has 0 aliphatic carbocycles. The quantitative estimate of drug-likeness (QED) is 0.0942. The molecular formula is C39H34N2O6. The Labute approximate surface area is 273 Å². The number of ketones is 1. The SMILES string of the molecule is COc1cc(C2/C(=C(\O)c3ccc(OCc4ccccc4C)cc3)C(=O)C(=O)N2Cc2ccncc2)ccc1OCc1ccccc1. The van der Waals surface area contributed by atoms with Crippen molar-refractivity contribution in [3.8, 4) is 17.2 Å². The van der Waals surface area contributed by atoms with E-state index in [-0.39, 0.29) is 17.9 Å². The lowest BCUT2D eigenvalue weighted by molar-refractivity contribution is -0.140. The van der Waals surface area contributed by atoms with Crippen LogP contribution in [0, 0.1) is 6.92 Å². The highest BCUT2D eigenvalue weighted by molar-refractivity contribution is 6.46. The van der Waals surface area contributed by atoms with Gasteiger partial charge in [-0.15, -0.1) is 0 Å². The van der Waals surface area contributed by atoms with Crippen LogP contribution in [-0.4, -0.2) is 33.8 Å². The molecule has 1 aliphatic rings. The van der Waals surface area contributed by atoms with Gasteiger partial charge in [0.1, 0.15) is 24.7 Å². The lowest BCUT2D eigenvalue weighted by Crippen LogP contribution is -2.29. The number of rotatable bonds is 11. The van der Waals surface area contributed by atoms with Gasteiger partial charge in [0.05, 0.1) is 18.7 Å². The fourth-order valence-corrected chi connectivity index (χ4v) is 5.58. The smallest absolute Gasteiger partial charge is 0.295 e. The molecule has 0 spiro atoms. The normalized spacial score (nSPS) is 15.4. The summed E-state index contributed by atoms with van der Waals surface area (Å²) >= 11 is 0. The largest absolute Gasteiger partial charge is 0.507 e. The van der Waals surface area contributed by atoms with E-state index in [9.17, 15) is 14.7 Å².